The number of amides is 1. The molecule has 1 aromatic carbocycles. The third-order valence-corrected chi connectivity index (χ3v) is 3.12. The van der Waals surface area contributed by atoms with Crippen molar-refractivity contribution in [3.05, 3.63) is 35.4 Å². The maximum absolute atomic E-state index is 12.2. The molecule has 19 heavy (non-hydrogen) atoms. The minimum absolute atomic E-state index is 0.0943. The molecular weight excluding hydrogens is 238 g/mol. The van der Waals surface area contributed by atoms with Crippen molar-refractivity contribution < 1.29 is 4.79 Å². The topological polar surface area (TPSA) is 53.5 Å². The Balaban J connectivity index is 2.32. The number of rotatable bonds is 1. The number of benzene rings is 1. The summed E-state index contributed by atoms with van der Waals surface area (Å²) in [5, 5.41) is 6.02. The lowest BCUT2D eigenvalue weighted by molar-refractivity contribution is -0.123. The Labute approximate surface area is 114 Å². The van der Waals surface area contributed by atoms with E-state index in [-0.39, 0.29) is 11.4 Å². The van der Waals surface area contributed by atoms with Crippen LogP contribution in [-0.2, 0) is 10.3 Å². The van der Waals surface area contributed by atoms with Crippen LogP contribution in [-0.4, -0.2) is 17.4 Å². The van der Waals surface area contributed by atoms with Gasteiger partial charge in [0.1, 0.15) is 0 Å². The van der Waals surface area contributed by atoms with E-state index < -0.39 is 5.54 Å². The molecule has 2 rings (SSSR count). The minimum Gasteiger partial charge on any atom is -0.351 e. The molecule has 0 aliphatic carbocycles. The number of nitrogens with zero attached hydrogens (tertiary/aromatic N) is 1. The fourth-order valence-corrected chi connectivity index (χ4v) is 2.02. The highest BCUT2D eigenvalue weighted by Gasteiger charge is 2.41. The van der Waals surface area contributed by atoms with Crippen molar-refractivity contribution in [2.45, 2.75) is 45.7 Å². The quantitative estimate of drug-likeness (QED) is 0.811. The Morgan fingerprint density at radius 2 is 1.79 bits per heavy atom. The molecule has 1 aliphatic rings. The van der Waals surface area contributed by atoms with Crippen molar-refractivity contribution >= 4 is 11.9 Å². The summed E-state index contributed by atoms with van der Waals surface area (Å²) >= 11 is 0. The van der Waals surface area contributed by atoms with Crippen LogP contribution >= 0.6 is 0 Å². The van der Waals surface area contributed by atoms with Gasteiger partial charge in [-0.15, -0.1) is 0 Å². The lowest BCUT2D eigenvalue weighted by Gasteiger charge is -2.21. The van der Waals surface area contributed by atoms with Crippen molar-refractivity contribution in [2.75, 3.05) is 0 Å². The predicted octanol–water partition coefficient (Wildman–Crippen LogP) is 2.08. The van der Waals surface area contributed by atoms with Crippen LogP contribution in [0, 0.1) is 6.92 Å². The van der Waals surface area contributed by atoms with E-state index in [9.17, 15) is 4.79 Å². The molecule has 1 heterocycles. The van der Waals surface area contributed by atoms with Gasteiger partial charge >= 0.3 is 0 Å². The number of nitrogens with one attached hydrogen (secondary N) is 2. The molecule has 0 saturated carbocycles. The normalized spacial score (nSPS) is 23.0. The zero-order valence-electron chi connectivity index (χ0n) is 12.2. The monoisotopic (exact) mass is 259 g/mol. The fraction of sp³-hybridized carbons (Fsp3) is 0.467. The second-order valence-corrected chi connectivity index (χ2v) is 6.23. The average molecular weight is 259 g/mol. The van der Waals surface area contributed by atoms with Crippen LogP contribution < -0.4 is 10.6 Å². The predicted molar refractivity (Wildman–Crippen MR) is 77.0 cm³/mol. The van der Waals surface area contributed by atoms with Crippen molar-refractivity contribution in [2.24, 2.45) is 4.99 Å². The lowest BCUT2D eigenvalue weighted by atomic mass is 9.92. The largest absolute Gasteiger partial charge is 0.351 e. The second-order valence-electron chi connectivity index (χ2n) is 6.23. The first-order valence-corrected chi connectivity index (χ1v) is 6.47. The van der Waals surface area contributed by atoms with Crippen LogP contribution in [0.15, 0.2) is 29.3 Å². The van der Waals surface area contributed by atoms with E-state index in [2.05, 4.69) is 15.6 Å². The van der Waals surface area contributed by atoms with Crippen molar-refractivity contribution in [3.8, 4) is 0 Å². The van der Waals surface area contributed by atoms with Crippen molar-refractivity contribution in [1.82, 2.24) is 10.6 Å². The zero-order chi connectivity index (χ0) is 14.3. The smallest absolute Gasteiger partial charge is 0.259 e. The first kappa shape index (κ1) is 13.6. The van der Waals surface area contributed by atoms with Gasteiger partial charge in [0.25, 0.3) is 5.91 Å². The van der Waals surface area contributed by atoms with Gasteiger partial charge in [-0.1, -0.05) is 29.8 Å². The Bertz CT molecular complexity index is 525. The van der Waals surface area contributed by atoms with E-state index in [1.54, 1.807) is 0 Å². The molecule has 0 saturated heterocycles. The highest BCUT2D eigenvalue weighted by Crippen LogP contribution is 2.29. The van der Waals surface area contributed by atoms with Crippen LogP contribution in [0.4, 0.5) is 0 Å². The maximum atomic E-state index is 12.2. The number of carbonyl (C=O) groups is 1. The van der Waals surface area contributed by atoms with Gasteiger partial charge in [-0.25, -0.2) is 4.99 Å². The third kappa shape index (κ3) is 2.78. The van der Waals surface area contributed by atoms with Gasteiger partial charge in [-0.2, -0.15) is 0 Å². The van der Waals surface area contributed by atoms with Crippen molar-refractivity contribution in [1.29, 1.82) is 0 Å². The lowest BCUT2D eigenvalue weighted by Crippen LogP contribution is -2.47. The molecule has 1 amide bonds. The first-order chi connectivity index (χ1) is 8.71. The van der Waals surface area contributed by atoms with E-state index in [0.717, 1.165) is 5.56 Å². The van der Waals surface area contributed by atoms with E-state index in [0.29, 0.717) is 5.96 Å². The van der Waals surface area contributed by atoms with E-state index in [4.69, 9.17) is 0 Å². The maximum Gasteiger partial charge on any atom is 0.259 e. The van der Waals surface area contributed by atoms with Gasteiger partial charge in [0.2, 0.25) is 0 Å². The first-order valence-electron chi connectivity index (χ1n) is 6.47. The standard InChI is InChI=1S/C15H21N3O/c1-10-6-8-11(9-7-10)15(5)12(19)16-13(18-15)17-14(2,3)4/h6-9H,1-5H3,(H2,16,17,18,19). The molecule has 1 atom stereocenters. The summed E-state index contributed by atoms with van der Waals surface area (Å²) in [5.74, 6) is 0.448. The SMILES string of the molecule is Cc1ccc(C2(C)N=C(NC(C)(C)C)NC2=O)cc1. The fourth-order valence-electron chi connectivity index (χ4n) is 2.02. The Morgan fingerprint density at radius 3 is 2.32 bits per heavy atom. The van der Waals surface area contributed by atoms with Crippen LogP contribution in [0.3, 0.4) is 0 Å². The number of hydrogen-bond donors (Lipinski definition) is 2. The summed E-state index contributed by atoms with van der Waals surface area (Å²) in [6, 6.07) is 7.91. The molecule has 1 aliphatic heterocycles. The Kier molecular flexibility index (Phi) is 3.12. The van der Waals surface area contributed by atoms with Crippen LogP contribution in [0.2, 0.25) is 0 Å². The summed E-state index contributed by atoms with van der Waals surface area (Å²) in [6.07, 6.45) is 0. The molecule has 0 bridgehead atoms. The zero-order valence-corrected chi connectivity index (χ0v) is 12.2. The van der Waals surface area contributed by atoms with Gasteiger partial charge in [-0.05, 0) is 40.2 Å². The molecular formula is C15H21N3O. The van der Waals surface area contributed by atoms with E-state index >= 15 is 0 Å². The molecule has 4 nitrogen and oxygen atoms in total. The molecule has 0 spiro atoms. The highest BCUT2D eigenvalue weighted by atomic mass is 16.2. The van der Waals surface area contributed by atoms with Gasteiger partial charge < -0.3 is 5.32 Å². The summed E-state index contributed by atoms with van der Waals surface area (Å²) in [6.45, 7) is 9.96. The number of hydrogen-bond acceptors (Lipinski definition) is 3. The molecule has 0 aromatic heterocycles. The molecule has 0 radical (unpaired) electrons. The van der Waals surface area contributed by atoms with Gasteiger partial charge in [0.05, 0.1) is 0 Å². The number of carbonyl (C=O) groups excluding carboxylic acids is 1. The summed E-state index contributed by atoms with van der Waals surface area (Å²) in [5.41, 5.74) is 1.09. The molecule has 0 fully saturated rings. The van der Waals surface area contributed by atoms with Crippen LogP contribution in [0.25, 0.3) is 0 Å². The molecule has 4 heteroatoms. The second kappa shape index (κ2) is 4.37. The van der Waals surface area contributed by atoms with Gasteiger partial charge in [0, 0.05) is 5.54 Å². The highest BCUT2D eigenvalue weighted by molar-refractivity contribution is 6.07. The third-order valence-electron chi connectivity index (χ3n) is 3.12. The van der Waals surface area contributed by atoms with Crippen LogP contribution in [0.5, 0.6) is 0 Å². The number of aryl methyl sites for hydroxylation is 1. The minimum atomic E-state index is -0.846. The molecule has 2 N–H and O–H groups in total. The van der Waals surface area contributed by atoms with E-state index in [1.165, 1.54) is 5.56 Å². The van der Waals surface area contributed by atoms with Crippen molar-refractivity contribution in [3.63, 3.8) is 0 Å². The Hall–Kier alpha value is -1.84. The number of aliphatic imine (C=N–C) groups is 1. The molecule has 102 valence electrons. The summed E-state index contributed by atoms with van der Waals surface area (Å²) in [4.78, 5) is 16.7. The molecule has 1 unspecified atom stereocenters. The summed E-state index contributed by atoms with van der Waals surface area (Å²) in [7, 11) is 0. The van der Waals surface area contributed by atoms with Gasteiger partial charge in [0.15, 0.2) is 11.5 Å². The van der Waals surface area contributed by atoms with E-state index in [1.807, 2.05) is 58.9 Å². The average Bonchev–Trinajstić information content (AvgIpc) is 2.53. The van der Waals surface area contributed by atoms with Gasteiger partial charge in [-0.3, -0.25) is 10.1 Å². The molecule has 1 aromatic rings. The number of guanidine groups is 1. The Morgan fingerprint density at radius 1 is 1.21 bits per heavy atom. The van der Waals surface area contributed by atoms with Crippen LogP contribution in [0.1, 0.15) is 38.8 Å². The summed E-state index contributed by atoms with van der Waals surface area (Å²) < 4.78 is 0.